The normalized spacial score (nSPS) is 13.8. The molecule has 0 bridgehead atoms. The summed E-state index contributed by atoms with van der Waals surface area (Å²) >= 11 is 0. The van der Waals surface area contributed by atoms with Crippen molar-refractivity contribution in [2.24, 2.45) is 0 Å². The van der Waals surface area contributed by atoms with Crippen LogP contribution < -0.4 is 14.8 Å². The molecule has 3 heteroatoms. The molecular weight excluding hydrogens is 226 g/mol. The topological polar surface area (TPSA) is 30.5 Å². The fourth-order valence-electron chi connectivity index (χ4n) is 1.94. The van der Waals surface area contributed by atoms with Gasteiger partial charge in [-0.05, 0) is 38.0 Å². The van der Waals surface area contributed by atoms with Crippen LogP contribution in [0.2, 0.25) is 0 Å². The summed E-state index contributed by atoms with van der Waals surface area (Å²) in [6.45, 7) is 8.03. The van der Waals surface area contributed by atoms with E-state index in [0.717, 1.165) is 17.9 Å². The van der Waals surface area contributed by atoms with E-state index in [1.165, 1.54) is 5.56 Å². The highest BCUT2D eigenvalue weighted by Gasteiger charge is 2.09. The highest BCUT2D eigenvalue weighted by molar-refractivity contribution is 5.43. The summed E-state index contributed by atoms with van der Waals surface area (Å²) in [7, 11) is 3.30. The van der Waals surface area contributed by atoms with E-state index in [1.54, 1.807) is 14.2 Å². The van der Waals surface area contributed by atoms with Crippen LogP contribution in [0, 0.1) is 0 Å². The molecule has 0 aliphatic rings. The quantitative estimate of drug-likeness (QED) is 0.754. The predicted molar refractivity (Wildman–Crippen MR) is 75.5 cm³/mol. The summed E-state index contributed by atoms with van der Waals surface area (Å²) in [5, 5.41) is 3.45. The minimum atomic E-state index is 0.320. The van der Waals surface area contributed by atoms with Crippen LogP contribution in [0.1, 0.15) is 19.4 Å². The van der Waals surface area contributed by atoms with Gasteiger partial charge in [-0.15, -0.1) is 6.58 Å². The van der Waals surface area contributed by atoms with E-state index in [2.05, 4.69) is 31.8 Å². The Balaban J connectivity index is 2.70. The molecule has 2 unspecified atom stereocenters. The number of hydrogen-bond donors (Lipinski definition) is 1. The average Bonchev–Trinajstić information content (AvgIpc) is 2.38. The van der Waals surface area contributed by atoms with Gasteiger partial charge in [0.2, 0.25) is 0 Å². The zero-order chi connectivity index (χ0) is 13.5. The van der Waals surface area contributed by atoms with Gasteiger partial charge in [-0.1, -0.05) is 12.1 Å². The first kappa shape index (κ1) is 14.6. The van der Waals surface area contributed by atoms with Gasteiger partial charge in [-0.2, -0.15) is 0 Å². The van der Waals surface area contributed by atoms with Crippen LogP contribution in [0.25, 0.3) is 0 Å². The number of methoxy groups -OCH3 is 2. The number of rotatable bonds is 7. The second-order valence-corrected chi connectivity index (χ2v) is 4.49. The average molecular weight is 249 g/mol. The van der Waals surface area contributed by atoms with Gasteiger partial charge < -0.3 is 14.8 Å². The molecule has 1 aromatic rings. The monoisotopic (exact) mass is 249 g/mol. The molecule has 3 nitrogen and oxygen atoms in total. The molecule has 100 valence electrons. The molecule has 0 saturated carbocycles. The highest BCUT2D eigenvalue weighted by Crippen LogP contribution is 2.27. The molecule has 2 atom stereocenters. The lowest BCUT2D eigenvalue weighted by Gasteiger charge is -2.18. The predicted octanol–water partition coefficient (Wildman–Crippen LogP) is 2.80. The molecular formula is C15H23NO2. The van der Waals surface area contributed by atoms with Gasteiger partial charge in [0.15, 0.2) is 11.5 Å². The van der Waals surface area contributed by atoms with Crippen LogP contribution in [0.5, 0.6) is 11.5 Å². The van der Waals surface area contributed by atoms with E-state index >= 15 is 0 Å². The van der Waals surface area contributed by atoms with Gasteiger partial charge in [0, 0.05) is 12.1 Å². The first-order valence-corrected chi connectivity index (χ1v) is 6.20. The molecule has 0 aliphatic heterocycles. The molecule has 1 N–H and O–H groups in total. The van der Waals surface area contributed by atoms with Crippen molar-refractivity contribution in [3.63, 3.8) is 0 Å². The Bertz CT molecular complexity index is 390. The zero-order valence-electron chi connectivity index (χ0n) is 11.7. The third kappa shape index (κ3) is 4.08. The van der Waals surface area contributed by atoms with Gasteiger partial charge >= 0.3 is 0 Å². The molecule has 0 saturated heterocycles. The van der Waals surface area contributed by atoms with Crippen molar-refractivity contribution in [3.8, 4) is 11.5 Å². The van der Waals surface area contributed by atoms with E-state index in [1.807, 2.05) is 18.2 Å². The first-order valence-electron chi connectivity index (χ1n) is 6.20. The first-order chi connectivity index (χ1) is 8.60. The fourth-order valence-corrected chi connectivity index (χ4v) is 1.94. The van der Waals surface area contributed by atoms with Crippen molar-refractivity contribution in [1.82, 2.24) is 5.32 Å². The maximum absolute atomic E-state index is 5.30. The van der Waals surface area contributed by atoms with Crippen LogP contribution in [0.15, 0.2) is 30.9 Å². The lowest BCUT2D eigenvalue weighted by atomic mass is 10.1. The smallest absolute Gasteiger partial charge is 0.160 e. The largest absolute Gasteiger partial charge is 0.493 e. The van der Waals surface area contributed by atoms with Gasteiger partial charge in [0.1, 0.15) is 0 Å². The Morgan fingerprint density at radius 3 is 2.44 bits per heavy atom. The van der Waals surface area contributed by atoms with Gasteiger partial charge in [-0.3, -0.25) is 0 Å². The highest BCUT2D eigenvalue weighted by atomic mass is 16.5. The van der Waals surface area contributed by atoms with Crippen molar-refractivity contribution >= 4 is 0 Å². The van der Waals surface area contributed by atoms with Crippen LogP contribution in [-0.2, 0) is 6.42 Å². The SMILES string of the molecule is C=CC(C)NC(C)Cc1ccc(OC)c(OC)c1. The van der Waals surface area contributed by atoms with Crippen LogP contribution >= 0.6 is 0 Å². The summed E-state index contributed by atoms with van der Waals surface area (Å²) in [6.07, 6.45) is 2.85. The molecule has 0 radical (unpaired) electrons. The number of benzene rings is 1. The Kier molecular flexibility index (Phi) is 5.72. The molecule has 18 heavy (non-hydrogen) atoms. The third-order valence-electron chi connectivity index (χ3n) is 2.89. The molecule has 0 aromatic heterocycles. The standard InChI is InChI=1S/C15H23NO2/c1-6-11(2)16-12(3)9-13-7-8-14(17-4)15(10-13)18-5/h6-8,10-12,16H,1,9H2,2-5H3. The molecule has 1 rings (SSSR count). The van der Waals surface area contributed by atoms with Crippen LogP contribution in [0.3, 0.4) is 0 Å². The molecule has 0 spiro atoms. The summed E-state index contributed by atoms with van der Waals surface area (Å²) in [5.74, 6) is 1.54. The number of ether oxygens (including phenoxy) is 2. The molecule has 0 heterocycles. The Labute approximate surface area is 110 Å². The van der Waals surface area contributed by atoms with Gasteiger partial charge in [0.05, 0.1) is 14.2 Å². The summed E-state index contributed by atoms with van der Waals surface area (Å²) in [4.78, 5) is 0. The van der Waals surface area contributed by atoms with Gasteiger partial charge in [-0.25, -0.2) is 0 Å². The summed E-state index contributed by atoms with van der Waals surface area (Å²) in [6, 6.07) is 6.74. The van der Waals surface area contributed by atoms with E-state index < -0.39 is 0 Å². The maximum Gasteiger partial charge on any atom is 0.160 e. The van der Waals surface area contributed by atoms with Crippen molar-refractivity contribution in [2.75, 3.05) is 14.2 Å². The number of hydrogen-bond acceptors (Lipinski definition) is 3. The number of nitrogens with one attached hydrogen (secondary N) is 1. The Hall–Kier alpha value is -1.48. The van der Waals surface area contributed by atoms with E-state index in [-0.39, 0.29) is 0 Å². The van der Waals surface area contributed by atoms with Crippen molar-refractivity contribution in [3.05, 3.63) is 36.4 Å². The molecule has 0 amide bonds. The fraction of sp³-hybridized carbons (Fsp3) is 0.467. The summed E-state index contributed by atoms with van der Waals surface area (Å²) in [5.41, 5.74) is 1.23. The van der Waals surface area contributed by atoms with E-state index in [9.17, 15) is 0 Å². The minimum Gasteiger partial charge on any atom is -0.493 e. The van der Waals surface area contributed by atoms with Gasteiger partial charge in [0.25, 0.3) is 0 Å². The third-order valence-corrected chi connectivity index (χ3v) is 2.89. The molecule has 1 aromatic carbocycles. The lowest BCUT2D eigenvalue weighted by molar-refractivity contribution is 0.354. The van der Waals surface area contributed by atoms with Crippen molar-refractivity contribution < 1.29 is 9.47 Å². The van der Waals surface area contributed by atoms with Crippen molar-refractivity contribution in [1.29, 1.82) is 0 Å². The van der Waals surface area contributed by atoms with Crippen LogP contribution in [0.4, 0.5) is 0 Å². The zero-order valence-corrected chi connectivity index (χ0v) is 11.7. The second-order valence-electron chi connectivity index (χ2n) is 4.49. The Morgan fingerprint density at radius 1 is 1.22 bits per heavy atom. The molecule has 0 fully saturated rings. The Morgan fingerprint density at radius 2 is 1.89 bits per heavy atom. The van der Waals surface area contributed by atoms with Crippen molar-refractivity contribution in [2.45, 2.75) is 32.4 Å². The van der Waals surface area contributed by atoms with Crippen LogP contribution in [-0.4, -0.2) is 26.3 Å². The maximum atomic E-state index is 5.30. The lowest BCUT2D eigenvalue weighted by Crippen LogP contribution is -2.34. The van der Waals surface area contributed by atoms with E-state index in [4.69, 9.17) is 9.47 Å². The second kappa shape index (κ2) is 7.07. The van der Waals surface area contributed by atoms with E-state index in [0.29, 0.717) is 12.1 Å². The minimum absolute atomic E-state index is 0.320. The molecule has 0 aliphatic carbocycles. The summed E-state index contributed by atoms with van der Waals surface area (Å²) < 4.78 is 10.5.